The van der Waals surface area contributed by atoms with Gasteiger partial charge in [-0.25, -0.2) is 8.42 Å². The van der Waals surface area contributed by atoms with Crippen LogP contribution in [0.5, 0.6) is 0 Å². The van der Waals surface area contributed by atoms with E-state index in [-0.39, 0.29) is 27.2 Å². The molecule has 0 saturated carbocycles. The van der Waals surface area contributed by atoms with Gasteiger partial charge in [0.15, 0.2) is 0 Å². The van der Waals surface area contributed by atoms with E-state index in [9.17, 15) is 18.0 Å². The zero-order valence-electron chi connectivity index (χ0n) is 19.5. The number of amides is 2. The molecule has 2 amide bonds. The lowest BCUT2D eigenvalue weighted by Crippen LogP contribution is -2.50. The van der Waals surface area contributed by atoms with Crippen LogP contribution in [0.4, 0.5) is 5.69 Å². The van der Waals surface area contributed by atoms with Gasteiger partial charge in [0.2, 0.25) is 11.8 Å². The Bertz CT molecular complexity index is 1360. The second kappa shape index (κ2) is 12.1. The third-order valence-electron chi connectivity index (χ3n) is 5.47. The first-order valence-electron chi connectivity index (χ1n) is 10.8. The number of anilines is 1. The highest BCUT2D eigenvalue weighted by Gasteiger charge is 2.33. The molecule has 0 heterocycles. The normalized spacial score (nSPS) is 12.0. The molecule has 3 aromatic rings. The summed E-state index contributed by atoms with van der Waals surface area (Å²) in [6, 6.07) is 18.7. The summed E-state index contributed by atoms with van der Waals surface area (Å²) in [5.41, 5.74) is 0.808. The van der Waals surface area contributed by atoms with Gasteiger partial charge in [-0.05, 0) is 48.9 Å². The van der Waals surface area contributed by atoms with Crippen LogP contribution < -0.4 is 9.62 Å². The molecule has 0 aliphatic rings. The molecule has 36 heavy (non-hydrogen) atoms. The van der Waals surface area contributed by atoms with E-state index < -0.39 is 34.4 Å². The van der Waals surface area contributed by atoms with Gasteiger partial charge in [0.05, 0.1) is 20.6 Å². The maximum absolute atomic E-state index is 13.7. The third kappa shape index (κ3) is 6.39. The lowest BCUT2D eigenvalue weighted by Gasteiger charge is -2.32. The highest BCUT2D eigenvalue weighted by atomic mass is 79.9. The van der Waals surface area contributed by atoms with E-state index in [0.717, 1.165) is 14.3 Å². The smallest absolute Gasteiger partial charge is 0.264 e. The van der Waals surface area contributed by atoms with Crippen LogP contribution in [0.2, 0.25) is 10.0 Å². The van der Waals surface area contributed by atoms with Crippen LogP contribution in [0, 0.1) is 0 Å². The van der Waals surface area contributed by atoms with Gasteiger partial charge in [0.25, 0.3) is 10.0 Å². The van der Waals surface area contributed by atoms with Gasteiger partial charge in [-0.3, -0.25) is 13.9 Å². The minimum absolute atomic E-state index is 0.00985. The molecule has 1 N–H and O–H groups in total. The maximum Gasteiger partial charge on any atom is 0.264 e. The average Bonchev–Trinajstić information content (AvgIpc) is 2.87. The molecule has 0 bridgehead atoms. The van der Waals surface area contributed by atoms with Gasteiger partial charge in [0, 0.05) is 18.1 Å². The molecule has 0 aliphatic heterocycles. The predicted molar refractivity (Wildman–Crippen MR) is 146 cm³/mol. The Balaban J connectivity index is 2.07. The number of rotatable bonds is 9. The van der Waals surface area contributed by atoms with Gasteiger partial charge in [-0.2, -0.15) is 0 Å². The van der Waals surface area contributed by atoms with Crippen molar-refractivity contribution in [3.63, 3.8) is 0 Å². The molecule has 0 saturated heterocycles. The first-order chi connectivity index (χ1) is 17.1. The summed E-state index contributed by atoms with van der Waals surface area (Å²) in [6.07, 6.45) is 0. The molecule has 0 aromatic heterocycles. The van der Waals surface area contributed by atoms with Crippen molar-refractivity contribution in [3.8, 4) is 0 Å². The molecule has 0 spiro atoms. The van der Waals surface area contributed by atoms with Crippen molar-refractivity contribution in [1.29, 1.82) is 0 Å². The summed E-state index contributed by atoms with van der Waals surface area (Å²) in [5.74, 6) is -0.988. The SMILES string of the molecule is CNC(=O)C(C)N(Cc1cccc(Br)c1)C(=O)CN(c1cccc(Cl)c1Cl)S(=O)(=O)c1ccccc1. The third-order valence-corrected chi connectivity index (χ3v) is 8.54. The van der Waals surface area contributed by atoms with E-state index in [0.29, 0.717) is 0 Å². The summed E-state index contributed by atoms with van der Waals surface area (Å²) in [5, 5.41) is 2.67. The Morgan fingerprint density at radius 2 is 1.67 bits per heavy atom. The van der Waals surface area contributed by atoms with Crippen molar-refractivity contribution < 1.29 is 18.0 Å². The average molecular weight is 613 g/mol. The number of hydrogen-bond donors (Lipinski definition) is 1. The van der Waals surface area contributed by atoms with Crippen molar-refractivity contribution in [2.24, 2.45) is 0 Å². The van der Waals surface area contributed by atoms with Crippen molar-refractivity contribution >= 4 is 66.7 Å². The topological polar surface area (TPSA) is 86.8 Å². The summed E-state index contributed by atoms with van der Waals surface area (Å²) < 4.78 is 29.1. The number of nitrogens with one attached hydrogen (secondary N) is 1. The standard InChI is InChI=1S/C25H24BrCl2N3O4S/c1-17(25(33)29-2)30(15-18-8-6-9-19(26)14-18)23(32)16-31(22-13-7-12-21(27)24(22)28)36(34,35)20-10-4-3-5-11-20/h3-14,17H,15-16H2,1-2H3,(H,29,33). The molecule has 1 atom stereocenters. The van der Waals surface area contributed by atoms with E-state index in [1.54, 1.807) is 31.2 Å². The number of likely N-dealkylation sites (N-methyl/N-ethyl adjacent to an activating group) is 1. The Morgan fingerprint density at radius 1 is 1.00 bits per heavy atom. The summed E-state index contributed by atoms with van der Waals surface area (Å²) in [4.78, 5) is 27.5. The first kappa shape index (κ1) is 28.0. The molecule has 3 aromatic carbocycles. The number of carbonyl (C=O) groups excluding carboxylic acids is 2. The first-order valence-corrected chi connectivity index (χ1v) is 13.8. The highest BCUT2D eigenvalue weighted by molar-refractivity contribution is 9.10. The van der Waals surface area contributed by atoms with Crippen molar-refractivity contribution in [2.75, 3.05) is 17.9 Å². The second-order valence-electron chi connectivity index (χ2n) is 7.84. The fraction of sp³-hybridized carbons (Fsp3) is 0.200. The minimum Gasteiger partial charge on any atom is -0.357 e. The van der Waals surface area contributed by atoms with Crippen LogP contribution in [-0.4, -0.2) is 44.8 Å². The lowest BCUT2D eigenvalue weighted by atomic mass is 10.1. The lowest BCUT2D eigenvalue weighted by molar-refractivity contribution is -0.139. The van der Waals surface area contributed by atoms with Crippen LogP contribution in [0.1, 0.15) is 12.5 Å². The summed E-state index contributed by atoms with van der Waals surface area (Å²) >= 11 is 16.0. The molecule has 7 nitrogen and oxygen atoms in total. The maximum atomic E-state index is 13.7. The van der Waals surface area contributed by atoms with Crippen molar-refractivity contribution in [2.45, 2.75) is 24.4 Å². The van der Waals surface area contributed by atoms with Gasteiger partial charge < -0.3 is 10.2 Å². The zero-order valence-corrected chi connectivity index (χ0v) is 23.4. The molecule has 0 aliphatic carbocycles. The van der Waals surface area contributed by atoms with Crippen LogP contribution in [0.25, 0.3) is 0 Å². The van der Waals surface area contributed by atoms with E-state index in [4.69, 9.17) is 23.2 Å². The molecule has 11 heteroatoms. The number of hydrogen-bond acceptors (Lipinski definition) is 4. The number of halogens is 3. The van der Waals surface area contributed by atoms with Crippen LogP contribution in [0.15, 0.2) is 82.2 Å². The molecule has 0 radical (unpaired) electrons. The van der Waals surface area contributed by atoms with E-state index in [2.05, 4.69) is 21.2 Å². The highest BCUT2D eigenvalue weighted by Crippen LogP contribution is 2.35. The van der Waals surface area contributed by atoms with Gasteiger partial charge in [0.1, 0.15) is 12.6 Å². The quantitative estimate of drug-likeness (QED) is 0.364. The fourth-order valence-corrected chi connectivity index (χ4v) is 5.88. The number of sulfonamides is 1. The Hall–Kier alpha value is -2.59. The number of benzene rings is 3. The fourth-order valence-electron chi connectivity index (χ4n) is 3.54. The molecular formula is C25H24BrCl2N3O4S. The molecule has 1 unspecified atom stereocenters. The van der Waals surface area contributed by atoms with Gasteiger partial charge >= 0.3 is 0 Å². The van der Waals surface area contributed by atoms with Crippen LogP contribution >= 0.6 is 39.1 Å². The molecular weight excluding hydrogens is 589 g/mol. The van der Waals surface area contributed by atoms with E-state index in [1.807, 2.05) is 24.3 Å². The summed E-state index contributed by atoms with van der Waals surface area (Å²) in [7, 11) is -2.75. The van der Waals surface area contributed by atoms with E-state index >= 15 is 0 Å². The van der Waals surface area contributed by atoms with Crippen LogP contribution in [-0.2, 0) is 26.2 Å². The Morgan fingerprint density at radius 3 is 2.31 bits per heavy atom. The molecule has 190 valence electrons. The van der Waals surface area contributed by atoms with Crippen LogP contribution in [0.3, 0.4) is 0 Å². The van der Waals surface area contributed by atoms with Crippen molar-refractivity contribution in [1.82, 2.24) is 10.2 Å². The second-order valence-corrected chi connectivity index (χ2v) is 11.4. The van der Waals surface area contributed by atoms with E-state index in [1.165, 1.54) is 36.2 Å². The monoisotopic (exact) mass is 611 g/mol. The minimum atomic E-state index is -4.22. The number of nitrogens with zero attached hydrogens (tertiary/aromatic N) is 2. The predicted octanol–water partition coefficient (Wildman–Crippen LogP) is 5.11. The Kier molecular flexibility index (Phi) is 9.41. The number of carbonyl (C=O) groups is 2. The zero-order chi connectivity index (χ0) is 26.5. The van der Waals surface area contributed by atoms with Gasteiger partial charge in [-0.1, -0.05) is 75.5 Å². The molecule has 3 rings (SSSR count). The summed E-state index contributed by atoms with van der Waals surface area (Å²) in [6.45, 7) is 1.05. The van der Waals surface area contributed by atoms with Gasteiger partial charge in [-0.15, -0.1) is 0 Å². The Labute approximate surface area is 229 Å². The largest absolute Gasteiger partial charge is 0.357 e. The van der Waals surface area contributed by atoms with Crippen molar-refractivity contribution in [3.05, 3.63) is 92.9 Å². The molecule has 0 fully saturated rings.